The Bertz CT molecular complexity index is 810. The van der Waals surface area contributed by atoms with Gasteiger partial charge in [-0.1, -0.05) is 33.6 Å². The number of carbonyl (C=O) groups is 2. The van der Waals surface area contributed by atoms with Gasteiger partial charge in [-0.15, -0.1) is 0 Å². The van der Waals surface area contributed by atoms with Crippen molar-refractivity contribution in [1.82, 2.24) is 4.90 Å². The van der Waals surface area contributed by atoms with E-state index in [1.807, 2.05) is 31.2 Å². The van der Waals surface area contributed by atoms with Crippen LogP contribution in [-0.2, 0) is 4.79 Å². The first-order valence-corrected chi connectivity index (χ1v) is 8.61. The lowest BCUT2D eigenvalue weighted by molar-refractivity contribution is -0.116. The van der Waals surface area contributed by atoms with Gasteiger partial charge < -0.3 is 10.2 Å². The molecular weight excluding hydrogens is 389 g/mol. The quantitative estimate of drug-likeness (QED) is 0.841. The summed E-state index contributed by atoms with van der Waals surface area (Å²) in [5, 5.41) is 2.50. The smallest absolute Gasteiger partial charge is 0.322 e. The summed E-state index contributed by atoms with van der Waals surface area (Å²) in [5.74, 6) is -0.961. The zero-order chi connectivity index (χ0) is 18.0. The number of hydrogen-bond donors (Lipinski definition) is 1. The molecule has 0 spiro atoms. The van der Waals surface area contributed by atoms with Crippen LogP contribution in [0.5, 0.6) is 0 Å². The minimum Gasteiger partial charge on any atom is -0.322 e. The van der Waals surface area contributed by atoms with Gasteiger partial charge in [0.25, 0.3) is 0 Å². The minimum atomic E-state index is -0.531. The van der Waals surface area contributed by atoms with E-state index in [4.69, 9.17) is 0 Å². The number of carbonyl (C=O) groups excluding carboxylic acids is 2. The molecule has 0 saturated carbocycles. The molecule has 3 rings (SSSR count). The second-order valence-electron chi connectivity index (χ2n) is 5.86. The molecule has 25 heavy (non-hydrogen) atoms. The Kier molecular flexibility index (Phi) is 5.03. The average Bonchev–Trinajstić information content (AvgIpc) is 2.92. The second kappa shape index (κ2) is 7.23. The Hall–Kier alpha value is -2.41. The van der Waals surface area contributed by atoms with Crippen molar-refractivity contribution in [2.45, 2.75) is 6.92 Å². The van der Waals surface area contributed by atoms with Gasteiger partial charge in [-0.3, -0.25) is 9.69 Å². The molecule has 130 valence electrons. The summed E-state index contributed by atoms with van der Waals surface area (Å²) in [7, 11) is 0. The van der Waals surface area contributed by atoms with Gasteiger partial charge in [0.1, 0.15) is 12.4 Å². The fourth-order valence-electron chi connectivity index (χ4n) is 2.65. The summed E-state index contributed by atoms with van der Waals surface area (Å²) < 4.78 is 14.4. The van der Waals surface area contributed by atoms with Crippen LogP contribution in [0.1, 0.15) is 5.56 Å². The van der Waals surface area contributed by atoms with Crippen LogP contribution < -0.4 is 10.2 Å². The maximum Gasteiger partial charge on any atom is 0.325 e. The Labute approximate surface area is 153 Å². The number of rotatable bonds is 4. The molecule has 2 aromatic rings. The van der Waals surface area contributed by atoms with Gasteiger partial charge in [0.2, 0.25) is 5.91 Å². The predicted octanol–water partition coefficient (Wildman–Crippen LogP) is 3.78. The first-order chi connectivity index (χ1) is 11.9. The molecule has 0 atom stereocenters. The summed E-state index contributed by atoms with van der Waals surface area (Å²) in [6.07, 6.45) is 0. The molecule has 1 fully saturated rings. The molecule has 0 aliphatic carbocycles. The lowest BCUT2D eigenvalue weighted by Gasteiger charge is -2.18. The Morgan fingerprint density at radius 2 is 1.92 bits per heavy atom. The second-order valence-corrected chi connectivity index (χ2v) is 6.78. The van der Waals surface area contributed by atoms with Crippen LogP contribution in [0.15, 0.2) is 46.9 Å². The van der Waals surface area contributed by atoms with Crippen molar-refractivity contribution in [3.63, 3.8) is 0 Å². The number of anilines is 2. The molecule has 3 amide bonds. The van der Waals surface area contributed by atoms with Crippen molar-refractivity contribution in [1.29, 1.82) is 0 Å². The molecule has 0 bridgehead atoms. The molecule has 7 heteroatoms. The van der Waals surface area contributed by atoms with Crippen molar-refractivity contribution in [3.8, 4) is 0 Å². The molecule has 1 N–H and O–H groups in total. The molecule has 2 aromatic carbocycles. The van der Waals surface area contributed by atoms with Gasteiger partial charge in [-0.05, 0) is 37.3 Å². The standard InChI is InChI=1S/C18H17BrFN3O2/c1-12-2-5-14(6-3-12)23-9-8-22(18(23)25)11-17(24)21-16-7-4-13(19)10-15(16)20/h2-7,10H,8-9,11H2,1H3,(H,21,24). The number of aryl methyl sites for hydroxylation is 1. The van der Waals surface area contributed by atoms with Crippen LogP contribution in [0, 0.1) is 12.7 Å². The molecule has 0 radical (unpaired) electrons. The lowest BCUT2D eigenvalue weighted by Crippen LogP contribution is -2.37. The number of benzene rings is 2. The van der Waals surface area contributed by atoms with Crippen LogP contribution >= 0.6 is 15.9 Å². The minimum absolute atomic E-state index is 0.0928. The number of amides is 3. The van der Waals surface area contributed by atoms with Gasteiger partial charge >= 0.3 is 6.03 Å². The van der Waals surface area contributed by atoms with Gasteiger partial charge in [-0.25, -0.2) is 9.18 Å². The molecule has 0 unspecified atom stereocenters. The summed E-state index contributed by atoms with van der Waals surface area (Å²) in [6, 6.07) is 11.8. The molecule has 5 nitrogen and oxygen atoms in total. The van der Waals surface area contributed by atoms with Gasteiger partial charge in [0.15, 0.2) is 0 Å². The summed E-state index contributed by atoms with van der Waals surface area (Å²) in [6.45, 7) is 2.83. The lowest BCUT2D eigenvalue weighted by atomic mass is 10.2. The van der Waals surface area contributed by atoms with E-state index in [-0.39, 0.29) is 18.3 Å². The van der Waals surface area contributed by atoms with E-state index in [2.05, 4.69) is 21.2 Å². The maximum atomic E-state index is 13.8. The highest BCUT2D eigenvalue weighted by Crippen LogP contribution is 2.22. The Morgan fingerprint density at radius 3 is 2.60 bits per heavy atom. The van der Waals surface area contributed by atoms with Crippen LogP contribution in [0.2, 0.25) is 0 Å². The first kappa shape index (κ1) is 17.4. The molecule has 1 aliphatic rings. The third-order valence-electron chi connectivity index (χ3n) is 3.98. The number of hydrogen-bond acceptors (Lipinski definition) is 2. The van der Waals surface area contributed by atoms with E-state index in [0.29, 0.717) is 17.6 Å². The monoisotopic (exact) mass is 405 g/mol. The average molecular weight is 406 g/mol. The maximum absolute atomic E-state index is 13.8. The normalized spacial score (nSPS) is 14.1. The van der Waals surface area contributed by atoms with E-state index in [9.17, 15) is 14.0 Å². The van der Waals surface area contributed by atoms with E-state index in [0.717, 1.165) is 11.3 Å². The Balaban J connectivity index is 1.62. The zero-order valence-electron chi connectivity index (χ0n) is 13.6. The summed E-state index contributed by atoms with van der Waals surface area (Å²) in [5.41, 5.74) is 2.01. The number of nitrogens with one attached hydrogen (secondary N) is 1. The highest BCUT2D eigenvalue weighted by atomic mass is 79.9. The fraction of sp³-hybridized carbons (Fsp3) is 0.222. The molecule has 1 aliphatic heterocycles. The topological polar surface area (TPSA) is 52.6 Å². The molecule has 1 saturated heterocycles. The van der Waals surface area contributed by atoms with Crippen LogP contribution in [-0.4, -0.2) is 36.5 Å². The van der Waals surface area contributed by atoms with Crippen molar-refractivity contribution in [2.24, 2.45) is 0 Å². The SMILES string of the molecule is Cc1ccc(N2CCN(CC(=O)Nc3ccc(Br)cc3F)C2=O)cc1. The summed E-state index contributed by atoms with van der Waals surface area (Å²) >= 11 is 3.16. The van der Waals surface area contributed by atoms with Crippen molar-refractivity contribution in [2.75, 3.05) is 29.9 Å². The molecular formula is C18H17BrFN3O2. The molecule has 0 aromatic heterocycles. The number of halogens is 2. The first-order valence-electron chi connectivity index (χ1n) is 7.82. The number of nitrogens with zero attached hydrogens (tertiary/aromatic N) is 2. The predicted molar refractivity (Wildman–Crippen MR) is 98.2 cm³/mol. The fourth-order valence-corrected chi connectivity index (χ4v) is 2.98. The summed E-state index contributed by atoms with van der Waals surface area (Å²) in [4.78, 5) is 27.7. The van der Waals surface area contributed by atoms with Crippen LogP contribution in [0.4, 0.5) is 20.6 Å². The zero-order valence-corrected chi connectivity index (χ0v) is 15.2. The van der Waals surface area contributed by atoms with E-state index >= 15 is 0 Å². The van der Waals surface area contributed by atoms with E-state index in [1.165, 1.54) is 17.0 Å². The highest BCUT2D eigenvalue weighted by molar-refractivity contribution is 9.10. The van der Waals surface area contributed by atoms with E-state index < -0.39 is 11.7 Å². The molecule has 1 heterocycles. The van der Waals surface area contributed by atoms with Crippen molar-refractivity contribution < 1.29 is 14.0 Å². The third kappa shape index (κ3) is 3.99. The Morgan fingerprint density at radius 1 is 1.20 bits per heavy atom. The van der Waals surface area contributed by atoms with Crippen molar-refractivity contribution >= 4 is 39.2 Å². The highest BCUT2D eigenvalue weighted by Gasteiger charge is 2.30. The van der Waals surface area contributed by atoms with Crippen molar-refractivity contribution in [3.05, 3.63) is 58.3 Å². The van der Waals surface area contributed by atoms with Gasteiger partial charge in [-0.2, -0.15) is 0 Å². The van der Waals surface area contributed by atoms with Gasteiger partial charge in [0.05, 0.1) is 5.69 Å². The van der Waals surface area contributed by atoms with Gasteiger partial charge in [0, 0.05) is 23.2 Å². The number of urea groups is 1. The van der Waals surface area contributed by atoms with Crippen LogP contribution in [0.3, 0.4) is 0 Å². The van der Waals surface area contributed by atoms with E-state index in [1.54, 1.807) is 11.0 Å². The third-order valence-corrected chi connectivity index (χ3v) is 4.47. The largest absolute Gasteiger partial charge is 0.325 e. The van der Waals surface area contributed by atoms with Crippen LogP contribution in [0.25, 0.3) is 0 Å².